The minimum absolute atomic E-state index is 0.268. The molecular weight excluding hydrogens is 270 g/mol. The SMILES string of the molecule is CC/C=C(/CCCCC)C(=O)N(Cc1ccccc1)C1CC1. The summed E-state index contributed by atoms with van der Waals surface area (Å²) in [6.07, 6.45) is 9.85. The van der Waals surface area contributed by atoms with Gasteiger partial charge >= 0.3 is 0 Å². The number of hydrogen-bond donors (Lipinski definition) is 0. The smallest absolute Gasteiger partial charge is 0.250 e. The first kappa shape index (κ1) is 16.8. The third-order valence-electron chi connectivity index (χ3n) is 4.22. The average Bonchev–Trinajstić information content (AvgIpc) is 3.37. The van der Waals surface area contributed by atoms with Crippen LogP contribution in [0.15, 0.2) is 42.0 Å². The van der Waals surface area contributed by atoms with Crippen molar-refractivity contribution < 1.29 is 4.79 Å². The number of rotatable bonds is 9. The molecule has 1 aromatic carbocycles. The van der Waals surface area contributed by atoms with Crippen LogP contribution in [0.3, 0.4) is 0 Å². The van der Waals surface area contributed by atoms with Crippen molar-refractivity contribution in [3.63, 3.8) is 0 Å². The third-order valence-corrected chi connectivity index (χ3v) is 4.22. The normalized spacial score (nSPS) is 14.9. The van der Waals surface area contributed by atoms with Crippen molar-refractivity contribution in [2.75, 3.05) is 0 Å². The number of hydrogen-bond acceptors (Lipinski definition) is 1. The van der Waals surface area contributed by atoms with Crippen LogP contribution in [0.25, 0.3) is 0 Å². The molecule has 0 N–H and O–H groups in total. The van der Waals surface area contributed by atoms with Gasteiger partial charge in [0.15, 0.2) is 0 Å². The molecule has 1 amide bonds. The van der Waals surface area contributed by atoms with E-state index in [4.69, 9.17) is 0 Å². The van der Waals surface area contributed by atoms with Crippen LogP contribution < -0.4 is 0 Å². The summed E-state index contributed by atoms with van der Waals surface area (Å²) in [6.45, 7) is 5.07. The third kappa shape index (κ3) is 5.01. The zero-order chi connectivity index (χ0) is 15.8. The summed E-state index contributed by atoms with van der Waals surface area (Å²) < 4.78 is 0. The highest BCUT2D eigenvalue weighted by Gasteiger charge is 2.33. The van der Waals surface area contributed by atoms with Crippen molar-refractivity contribution in [2.24, 2.45) is 0 Å². The lowest BCUT2D eigenvalue weighted by molar-refractivity contribution is -0.128. The van der Waals surface area contributed by atoms with Gasteiger partial charge in [0.2, 0.25) is 5.91 Å². The van der Waals surface area contributed by atoms with Crippen molar-refractivity contribution in [3.05, 3.63) is 47.5 Å². The Morgan fingerprint density at radius 3 is 2.50 bits per heavy atom. The number of benzene rings is 1. The van der Waals surface area contributed by atoms with Crippen LogP contribution in [-0.4, -0.2) is 16.8 Å². The van der Waals surface area contributed by atoms with E-state index in [1.165, 1.54) is 18.4 Å². The highest BCUT2D eigenvalue weighted by Crippen LogP contribution is 2.30. The van der Waals surface area contributed by atoms with Gasteiger partial charge in [-0.15, -0.1) is 0 Å². The minimum Gasteiger partial charge on any atom is -0.332 e. The number of allylic oxidation sites excluding steroid dienone is 1. The fourth-order valence-electron chi connectivity index (χ4n) is 2.83. The second-order valence-electron chi connectivity index (χ2n) is 6.24. The van der Waals surface area contributed by atoms with E-state index in [2.05, 4.69) is 49.1 Å². The van der Waals surface area contributed by atoms with E-state index < -0.39 is 0 Å². The number of carbonyl (C=O) groups is 1. The van der Waals surface area contributed by atoms with Gasteiger partial charge in [0.05, 0.1) is 0 Å². The predicted octanol–water partition coefficient (Wildman–Crippen LogP) is 5.09. The molecule has 1 saturated carbocycles. The molecule has 0 spiro atoms. The highest BCUT2D eigenvalue weighted by molar-refractivity contribution is 5.93. The lowest BCUT2D eigenvalue weighted by atomic mass is 10.0. The first-order valence-corrected chi connectivity index (χ1v) is 8.80. The van der Waals surface area contributed by atoms with Gasteiger partial charge in [0.25, 0.3) is 0 Å². The van der Waals surface area contributed by atoms with E-state index in [0.29, 0.717) is 6.04 Å². The summed E-state index contributed by atoms with van der Waals surface area (Å²) in [5.41, 5.74) is 2.26. The molecule has 0 radical (unpaired) electrons. The van der Waals surface area contributed by atoms with Gasteiger partial charge in [0, 0.05) is 18.2 Å². The topological polar surface area (TPSA) is 20.3 Å². The Balaban J connectivity index is 2.05. The quantitative estimate of drug-likeness (QED) is 0.459. The molecule has 2 nitrogen and oxygen atoms in total. The lowest BCUT2D eigenvalue weighted by Crippen LogP contribution is -2.33. The van der Waals surface area contributed by atoms with Gasteiger partial charge in [-0.25, -0.2) is 0 Å². The molecule has 1 aliphatic rings. The van der Waals surface area contributed by atoms with Crippen LogP contribution in [-0.2, 0) is 11.3 Å². The standard InChI is InChI=1S/C20H29NO/c1-3-5-7-13-18(10-4-2)20(22)21(19-14-15-19)16-17-11-8-6-9-12-17/h6,8-12,19H,3-5,7,13-16H2,1-2H3/b18-10-. The Labute approximate surface area is 135 Å². The van der Waals surface area contributed by atoms with Crippen molar-refractivity contribution >= 4 is 5.91 Å². The molecule has 0 unspecified atom stereocenters. The van der Waals surface area contributed by atoms with Crippen LogP contribution in [0, 0.1) is 0 Å². The van der Waals surface area contributed by atoms with Gasteiger partial charge in [-0.3, -0.25) is 4.79 Å². The van der Waals surface area contributed by atoms with E-state index in [-0.39, 0.29) is 5.91 Å². The van der Waals surface area contributed by atoms with Gasteiger partial charge in [-0.2, -0.15) is 0 Å². The molecule has 1 fully saturated rings. The maximum Gasteiger partial charge on any atom is 0.250 e. The first-order valence-electron chi connectivity index (χ1n) is 8.80. The van der Waals surface area contributed by atoms with Crippen LogP contribution in [0.2, 0.25) is 0 Å². The Kier molecular flexibility index (Phi) is 6.70. The molecule has 0 aliphatic heterocycles. The second kappa shape index (κ2) is 8.77. The maximum absolute atomic E-state index is 13.0. The molecule has 22 heavy (non-hydrogen) atoms. The molecular formula is C20H29NO. The largest absolute Gasteiger partial charge is 0.332 e. The molecule has 0 bridgehead atoms. The molecule has 2 rings (SSSR count). The predicted molar refractivity (Wildman–Crippen MR) is 92.5 cm³/mol. The lowest BCUT2D eigenvalue weighted by Gasteiger charge is -2.24. The van der Waals surface area contributed by atoms with E-state index in [1.54, 1.807) is 0 Å². The Morgan fingerprint density at radius 2 is 1.91 bits per heavy atom. The van der Waals surface area contributed by atoms with Gasteiger partial charge in [-0.1, -0.05) is 63.1 Å². The maximum atomic E-state index is 13.0. The molecule has 0 aromatic heterocycles. The van der Waals surface area contributed by atoms with Crippen molar-refractivity contribution in [1.29, 1.82) is 0 Å². The van der Waals surface area contributed by atoms with E-state index >= 15 is 0 Å². The van der Waals surface area contributed by atoms with Crippen molar-refractivity contribution in [1.82, 2.24) is 4.90 Å². The van der Waals surface area contributed by atoms with Crippen LogP contribution in [0.5, 0.6) is 0 Å². The fourth-order valence-corrected chi connectivity index (χ4v) is 2.83. The number of carbonyl (C=O) groups excluding carboxylic acids is 1. The van der Waals surface area contributed by atoms with Crippen LogP contribution in [0.1, 0.15) is 64.4 Å². The van der Waals surface area contributed by atoms with Crippen LogP contribution >= 0.6 is 0 Å². The van der Waals surface area contributed by atoms with Gasteiger partial charge in [-0.05, 0) is 37.7 Å². The Morgan fingerprint density at radius 1 is 1.18 bits per heavy atom. The highest BCUT2D eigenvalue weighted by atomic mass is 16.2. The molecule has 2 heteroatoms. The van der Waals surface area contributed by atoms with E-state index in [1.807, 2.05) is 6.07 Å². The second-order valence-corrected chi connectivity index (χ2v) is 6.24. The molecule has 1 aliphatic carbocycles. The average molecular weight is 299 g/mol. The van der Waals surface area contributed by atoms with E-state index in [0.717, 1.165) is 44.2 Å². The number of unbranched alkanes of at least 4 members (excludes halogenated alkanes) is 2. The van der Waals surface area contributed by atoms with Gasteiger partial charge < -0.3 is 4.90 Å². The summed E-state index contributed by atoms with van der Waals surface area (Å²) >= 11 is 0. The summed E-state index contributed by atoms with van der Waals surface area (Å²) in [6, 6.07) is 10.8. The summed E-state index contributed by atoms with van der Waals surface area (Å²) in [5, 5.41) is 0. The first-order chi connectivity index (χ1) is 10.8. The minimum atomic E-state index is 0.268. The Hall–Kier alpha value is -1.57. The molecule has 120 valence electrons. The van der Waals surface area contributed by atoms with Crippen molar-refractivity contribution in [3.8, 4) is 0 Å². The van der Waals surface area contributed by atoms with E-state index in [9.17, 15) is 4.79 Å². The zero-order valence-electron chi connectivity index (χ0n) is 14.1. The number of amides is 1. The monoisotopic (exact) mass is 299 g/mol. The summed E-state index contributed by atoms with van der Waals surface area (Å²) in [5.74, 6) is 0.268. The zero-order valence-corrected chi connectivity index (χ0v) is 14.1. The summed E-state index contributed by atoms with van der Waals surface area (Å²) in [4.78, 5) is 15.1. The fraction of sp³-hybridized carbons (Fsp3) is 0.550. The number of nitrogens with zero attached hydrogens (tertiary/aromatic N) is 1. The summed E-state index contributed by atoms with van der Waals surface area (Å²) in [7, 11) is 0. The molecule has 0 atom stereocenters. The van der Waals surface area contributed by atoms with Crippen LogP contribution in [0.4, 0.5) is 0 Å². The van der Waals surface area contributed by atoms with Crippen molar-refractivity contribution in [2.45, 2.75) is 71.4 Å². The van der Waals surface area contributed by atoms with Gasteiger partial charge in [0.1, 0.15) is 0 Å². The molecule has 1 aromatic rings. The molecule has 0 saturated heterocycles. The molecule has 0 heterocycles. The Bertz CT molecular complexity index is 488.